The van der Waals surface area contributed by atoms with Gasteiger partial charge in [-0.1, -0.05) is 42.5 Å². The van der Waals surface area contributed by atoms with Gasteiger partial charge in [-0.05, 0) is 80.6 Å². The number of anilines is 1. The Kier molecular flexibility index (Phi) is 9.98. The minimum atomic E-state index is -0.137. The number of likely N-dealkylation sites (tertiary alicyclic amines) is 2. The Morgan fingerprint density at radius 1 is 0.920 bits per heavy atom. The predicted molar refractivity (Wildman–Crippen MR) is 195 cm³/mol. The second kappa shape index (κ2) is 14.9. The second-order valence-electron chi connectivity index (χ2n) is 13.5. The smallest absolute Gasteiger partial charge is 0.254 e. The summed E-state index contributed by atoms with van der Waals surface area (Å²) >= 11 is 0. The molecule has 1 N–H and O–H groups in total. The lowest BCUT2D eigenvalue weighted by atomic mass is 9.71. The van der Waals surface area contributed by atoms with Gasteiger partial charge in [-0.25, -0.2) is 4.98 Å². The van der Waals surface area contributed by atoms with Crippen LogP contribution in [0.2, 0.25) is 0 Å². The molecule has 5 aromatic rings. The summed E-state index contributed by atoms with van der Waals surface area (Å²) in [5.41, 5.74) is 3.78. The molecule has 0 spiro atoms. The number of para-hydroxylation sites is 2. The van der Waals surface area contributed by atoms with Gasteiger partial charge in [-0.3, -0.25) is 4.79 Å². The topological polar surface area (TPSA) is 94.2 Å². The van der Waals surface area contributed by atoms with E-state index in [1.54, 1.807) is 39.7 Å². The Morgan fingerprint density at radius 3 is 2.36 bits per heavy atom. The average molecular weight is 678 g/mol. The highest BCUT2D eigenvalue weighted by molar-refractivity contribution is 5.96. The molecule has 2 saturated heterocycles. The number of nitrogens with zero attached hydrogens (tertiary/aromatic N) is 4. The number of benzene rings is 3. The molecule has 0 radical (unpaired) electrons. The molecule has 10 heteroatoms. The number of carbonyl (C=O) groups is 1. The number of hydrogen-bond donors (Lipinski definition) is 1. The summed E-state index contributed by atoms with van der Waals surface area (Å²) in [4.78, 5) is 23.6. The van der Waals surface area contributed by atoms with E-state index >= 15 is 0 Å². The zero-order valence-electron chi connectivity index (χ0n) is 29.3. The summed E-state index contributed by atoms with van der Waals surface area (Å²) in [5, 5.41) is 3.78. The number of fused-ring (bicyclic) bond motifs is 1. The van der Waals surface area contributed by atoms with Crippen LogP contribution in [-0.2, 0) is 12.0 Å². The van der Waals surface area contributed by atoms with Crippen molar-refractivity contribution in [2.24, 2.45) is 0 Å². The number of aromatic nitrogens is 2. The van der Waals surface area contributed by atoms with Crippen molar-refractivity contribution in [3.8, 4) is 17.2 Å². The molecule has 2 aliphatic rings. The van der Waals surface area contributed by atoms with Crippen LogP contribution < -0.4 is 19.5 Å². The number of methoxy groups -OCH3 is 3. The van der Waals surface area contributed by atoms with Crippen LogP contribution >= 0.6 is 0 Å². The maximum atomic E-state index is 14.1. The lowest BCUT2D eigenvalue weighted by Gasteiger charge is -2.45. The predicted octanol–water partition coefficient (Wildman–Crippen LogP) is 6.84. The minimum Gasteiger partial charge on any atom is -0.493 e. The third-order valence-electron chi connectivity index (χ3n) is 10.5. The number of ether oxygens (including phenoxy) is 3. The van der Waals surface area contributed by atoms with Gasteiger partial charge in [0, 0.05) is 43.2 Å². The number of carbonyl (C=O) groups excluding carboxylic acids is 1. The van der Waals surface area contributed by atoms with E-state index in [9.17, 15) is 4.79 Å². The molecule has 0 aliphatic carbocycles. The zero-order valence-corrected chi connectivity index (χ0v) is 29.3. The molecule has 1 unspecified atom stereocenters. The highest BCUT2D eigenvalue weighted by Gasteiger charge is 2.39. The Hall–Kier alpha value is -4.96. The van der Waals surface area contributed by atoms with Gasteiger partial charge in [-0.2, -0.15) is 0 Å². The van der Waals surface area contributed by atoms with E-state index in [1.165, 1.54) is 5.56 Å². The third-order valence-corrected chi connectivity index (χ3v) is 10.5. The molecular formula is C40H47N5O5. The first kappa shape index (κ1) is 33.5. The van der Waals surface area contributed by atoms with Gasteiger partial charge in [0.05, 0.1) is 45.2 Å². The maximum Gasteiger partial charge on any atom is 0.254 e. The first-order valence-electron chi connectivity index (χ1n) is 17.6. The van der Waals surface area contributed by atoms with Gasteiger partial charge in [0.25, 0.3) is 5.91 Å². The van der Waals surface area contributed by atoms with Crippen LogP contribution in [0.4, 0.5) is 5.95 Å². The average Bonchev–Trinajstić information content (AvgIpc) is 3.82. The maximum absolute atomic E-state index is 14.1. The van der Waals surface area contributed by atoms with E-state index in [4.69, 9.17) is 23.6 Å². The molecule has 0 saturated carbocycles. The highest BCUT2D eigenvalue weighted by Crippen LogP contribution is 2.41. The molecule has 10 nitrogen and oxygen atoms in total. The highest BCUT2D eigenvalue weighted by atomic mass is 16.5. The Balaban J connectivity index is 1.03. The SMILES string of the molecule is COc1cc(C(=O)N2CCCC(CCN3CCC(Nc4nc5ccccc5n4Cc4ccco4)CC3)(c3ccccc3)C2)cc(OC)c1OC. The summed E-state index contributed by atoms with van der Waals surface area (Å²) in [5.74, 6) is 3.22. The fourth-order valence-electron chi connectivity index (χ4n) is 7.83. The van der Waals surface area contributed by atoms with Gasteiger partial charge >= 0.3 is 0 Å². The van der Waals surface area contributed by atoms with Crippen molar-refractivity contribution in [3.63, 3.8) is 0 Å². The molecule has 2 aliphatic heterocycles. The molecular weight excluding hydrogens is 630 g/mol. The summed E-state index contributed by atoms with van der Waals surface area (Å²) in [6.07, 6.45) is 6.75. The molecule has 262 valence electrons. The summed E-state index contributed by atoms with van der Waals surface area (Å²) in [6, 6.07) is 26.8. The minimum absolute atomic E-state index is 0.0192. The van der Waals surface area contributed by atoms with Crippen molar-refractivity contribution in [2.75, 3.05) is 59.4 Å². The van der Waals surface area contributed by atoms with E-state index < -0.39 is 0 Å². The van der Waals surface area contributed by atoms with E-state index in [2.05, 4.69) is 63.3 Å². The zero-order chi connectivity index (χ0) is 34.5. The van der Waals surface area contributed by atoms with Crippen LogP contribution in [0.5, 0.6) is 17.2 Å². The van der Waals surface area contributed by atoms with E-state index in [-0.39, 0.29) is 11.3 Å². The van der Waals surface area contributed by atoms with Gasteiger partial charge < -0.3 is 38.3 Å². The molecule has 3 aromatic carbocycles. The Bertz CT molecular complexity index is 1860. The number of furan rings is 1. The van der Waals surface area contributed by atoms with E-state index in [1.807, 2.05) is 23.1 Å². The van der Waals surface area contributed by atoms with Crippen molar-refractivity contribution < 1.29 is 23.4 Å². The van der Waals surface area contributed by atoms with Crippen molar-refractivity contribution >= 4 is 22.9 Å². The fraction of sp³-hybridized carbons (Fsp3) is 0.400. The Labute approximate surface area is 293 Å². The van der Waals surface area contributed by atoms with Crippen molar-refractivity contribution in [3.05, 3.63) is 102 Å². The summed E-state index contributed by atoms with van der Waals surface area (Å²) in [7, 11) is 4.72. The number of imidazole rings is 1. The fourth-order valence-corrected chi connectivity index (χ4v) is 7.83. The lowest BCUT2D eigenvalue weighted by Crippen LogP contribution is -2.50. The third kappa shape index (κ3) is 6.89. The first-order valence-corrected chi connectivity index (χ1v) is 17.6. The molecule has 2 aromatic heterocycles. The molecule has 1 atom stereocenters. The Morgan fingerprint density at radius 2 is 1.66 bits per heavy atom. The van der Waals surface area contributed by atoms with Crippen molar-refractivity contribution in [2.45, 2.75) is 50.1 Å². The molecule has 7 rings (SSSR count). The number of amides is 1. The second-order valence-corrected chi connectivity index (χ2v) is 13.5. The summed E-state index contributed by atoms with van der Waals surface area (Å²) < 4.78 is 24.5. The quantitative estimate of drug-likeness (QED) is 0.153. The number of nitrogens with one attached hydrogen (secondary N) is 1. The molecule has 50 heavy (non-hydrogen) atoms. The van der Waals surface area contributed by atoms with Crippen LogP contribution in [0.25, 0.3) is 11.0 Å². The lowest BCUT2D eigenvalue weighted by molar-refractivity contribution is 0.0606. The van der Waals surface area contributed by atoms with E-state index in [0.29, 0.717) is 48.5 Å². The molecule has 4 heterocycles. The number of rotatable bonds is 12. The van der Waals surface area contributed by atoms with Crippen LogP contribution in [-0.4, -0.2) is 85.4 Å². The monoisotopic (exact) mass is 677 g/mol. The normalized spacial score (nSPS) is 18.7. The molecule has 2 fully saturated rings. The van der Waals surface area contributed by atoms with Gasteiger partial charge in [0.1, 0.15) is 5.76 Å². The summed E-state index contributed by atoms with van der Waals surface area (Å²) in [6.45, 7) is 5.01. The van der Waals surface area contributed by atoms with Crippen molar-refractivity contribution in [1.29, 1.82) is 0 Å². The first-order chi connectivity index (χ1) is 24.5. The van der Waals surface area contributed by atoms with Gasteiger partial charge in [0.2, 0.25) is 11.7 Å². The number of piperidine rings is 2. The van der Waals surface area contributed by atoms with Crippen LogP contribution in [0.3, 0.4) is 0 Å². The molecule has 1 amide bonds. The van der Waals surface area contributed by atoms with Crippen LogP contribution in [0.15, 0.2) is 89.5 Å². The standard InChI is InChI=1S/C40H47N5O5/c1-47-35-25-29(26-36(48-2)37(35)49-3)38(46)44-20-10-18-40(28-44,30-11-5-4-6-12-30)19-23-43-21-16-31(17-22-43)41-39-42-33-14-7-8-15-34(33)45(39)27-32-13-9-24-50-32/h4-9,11-15,24-26,31H,10,16-23,27-28H2,1-3H3,(H,41,42). The van der Waals surface area contributed by atoms with Gasteiger partial charge in [0.15, 0.2) is 11.5 Å². The van der Waals surface area contributed by atoms with Crippen molar-refractivity contribution in [1.82, 2.24) is 19.4 Å². The van der Waals surface area contributed by atoms with Gasteiger partial charge in [-0.15, -0.1) is 0 Å². The molecule has 0 bridgehead atoms. The van der Waals surface area contributed by atoms with Crippen LogP contribution in [0.1, 0.15) is 53.8 Å². The van der Waals surface area contributed by atoms with E-state index in [0.717, 1.165) is 74.5 Å². The largest absolute Gasteiger partial charge is 0.493 e. The number of hydrogen-bond acceptors (Lipinski definition) is 8. The van der Waals surface area contributed by atoms with Crippen LogP contribution in [0, 0.1) is 0 Å².